The van der Waals surface area contributed by atoms with Gasteiger partial charge in [0.2, 0.25) is 0 Å². The Morgan fingerprint density at radius 3 is 2.50 bits per heavy atom. The van der Waals surface area contributed by atoms with Gasteiger partial charge in [-0.3, -0.25) is 4.79 Å². The fourth-order valence-electron chi connectivity index (χ4n) is 3.87. The normalized spacial score (nSPS) is 22.3. The van der Waals surface area contributed by atoms with Crippen LogP contribution in [0.2, 0.25) is 0 Å². The molecule has 0 spiro atoms. The van der Waals surface area contributed by atoms with E-state index in [1.54, 1.807) is 4.90 Å². The Bertz CT molecular complexity index is 841. The minimum absolute atomic E-state index is 0.114. The molecule has 2 amide bonds. The molecule has 2 atom stereocenters. The molecule has 136 valence electrons. The largest absolute Gasteiger partial charge is 0.465 e. The minimum Gasteiger partial charge on any atom is -0.465 e. The van der Waals surface area contributed by atoms with Gasteiger partial charge in [0.05, 0.1) is 23.6 Å². The molecule has 26 heavy (non-hydrogen) atoms. The number of hydrogen-bond acceptors (Lipinski definition) is 4. The first kappa shape index (κ1) is 16.5. The number of carbonyl (C=O) groups is 2. The second-order valence-electron chi connectivity index (χ2n) is 6.73. The van der Waals surface area contributed by atoms with Crippen LogP contribution < -0.4 is 0 Å². The summed E-state index contributed by atoms with van der Waals surface area (Å²) in [5.74, 6) is -0.403. The molecule has 0 radical (unpaired) electrons. The molecule has 0 saturated carbocycles. The Morgan fingerprint density at radius 1 is 1.08 bits per heavy atom. The predicted octanol–water partition coefficient (Wildman–Crippen LogP) is 1.48. The zero-order chi connectivity index (χ0) is 18.3. The van der Waals surface area contributed by atoms with Gasteiger partial charge in [0, 0.05) is 26.2 Å². The van der Waals surface area contributed by atoms with Gasteiger partial charge >= 0.3 is 6.09 Å². The van der Waals surface area contributed by atoms with Gasteiger partial charge in [0.15, 0.2) is 0 Å². The number of likely N-dealkylation sites (tertiary alicyclic amines) is 2. The van der Waals surface area contributed by atoms with Crippen LogP contribution in [0.4, 0.5) is 9.18 Å². The van der Waals surface area contributed by atoms with Gasteiger partial charge in [-0.05, 0) is 36.5 Å². The molecular formula is C17H18FN5O3. The molecule has 2 unspecified atom stereocenters. The fraction of sp³-hybridized carbons (Fsp3) is 0.412. The first-order valence-electron chi connectivity index (χ1n) is 8.46. The third-order valence-corrected chi connectivity index (χ3v) is 5.18. The lowest BCUT2D eigenvalue weighted by Gasteiger charge is -2.34. The van der Waals surface area contributed by atoms with Crippen molar-refractivity contribution in [2.45, 2.75) is 6.42 Å². The van der Waals surface area contributed by atoms with E-state index >= 15 is 0 Å². The highest BCUT2D eigenvalue weighted by atomic mass is 19.1. The summed E-state index contributed by atoms with van der Waals surface area (Å²) in [5, 5.41) is 17.2. The number of rotatable bonds is 2. The average Bonchev–Trinajstić information content (AvgIpc) is 3.30. The maximum atomic E-state index is 13.8. The predicted molar refractivity (Wildman–Crippen MR) is 88.4 cm³/mol. The van der Waals surface area contributed by atoms with Crippen LogP contribution in [-0.4, -0.2) is 68.1 Å². The van der Waals surface area contributed by atoms with E-state index in [1.807, 2.05) is 0 Å². The molecule has 3 heterocycles. The van der Waals surface area contributed by atoms with E-state index < -0.39 is 11.9 Å². The number of piperidine rings is 1. The van der Waals surface area contributed by atoms with Crippen molar-refractivity contribution in [3.63, 3.8) is 0 Å². The van der Waals surface area contributed by atoms with Crippen molar-refractivity contribution in [2.24, 2.45) is 11.8 Å². The summed E-state index contributed by atoms with van der Waals surface area (Å²) in [5.41, 5.74) is 0.620. The summed E-state index contributed by atoms with van der Waals surface area (Å²) in [6.45, 7) is 1.94. The molecule has 2 saturated heterocycles. The highest BCUT2D eigenvalue weighted by Gasteiger charge is 2.40. The monoisotopic (exact) mass is 359 g/mol. The third kappa shape index (κ3) is 2.89. The van der Waals surface area contributed by atoms with Crippen LogP contribution in [-0.2, 0) is 0 Å². The maximum absolute atomic E-state index is 13.8. The van der Waals surface area contributed by atoms with E-state index in [9.17, 15) is 19.1 Å². The molecule has 0 bridgehead atoms. The Kier molecular flexibility index (Phi) is 4.06. The Morgan fingerprint density at radius 2 is 1.77 bits per heavy atom. The quantitative estimate of drug-likeness (QED) is 0.877. The lowest BCUT2D eigenvalue weighted by atomic mass is 9.88. The Balaban J connectivity index is 1.57. The second kappa shape index (κ2) is 6.40. The van der Waals surface area contributed by atoms with E-state index in [-0.39, 0.29) is 23.3 Å². The average molecular weight is 359 g/mol. The Labute approximate surface area is 148 Å². The number of halogens is 1. The molecular weight excluding hydrogens is 341 g/mol. The number of carbonyl (C=O) groups excluding carboxylic acids is 1. The molecule has 1 N–H and O–H groups in total. The van der Waals surface area contributed by atoms with Gasteiger partial charge < -0.3 is 14.9 Å². The van der Waals surface area contributed by atoms with Gasteiger partial charge in [-0.1, -0.05) is 0 Å². The summed E-state index contributed by atoms with van der Waals surface area (Å²) < 4.78 is 13.8. The number of fused-ring (bicyclic) bond motifs is 1. The maximum Gasteiger partial charge on any atom is 0.407 e. The molecule has 2 fully saturated rings. The van der Waals surface area contributed by atoms with Crippen molar-refractivity contribution in [2.75, 3.05) is 26.2 Å². The van der Waals surface area contributed by atoms with Crippen LogP contribution >= 0.6 is 0 Å². The van der Waals surface area contributed by atoms with Gasteiger partial charge in [-0.2, -0.15) is 15.0 Å². The first-order valence-corrected chi connectivity index (χ1v) is 8.46. The van der Waals surface area contributed by atoms with Gasteiger partial charge in [-0.25, -0.2) is 9.18 Å². The lowest BCUT2D eigenvalue weighted by molar-refractivity contribution is 0.0641. The molecule has 0 aliphatic carbocycles. The van der Waals surface area contributed by atoms with Crippen molar-refractivity contribution in [3.8, 4) is 5.69 Å². The highest BCUT2D eigenvalue weighted by molar-refractivity contribution is 5.97. The zero-order valence-corrected chi connectivity index (χ0v) is 14.0. The second-order valence-corrected chi connectivity index (χ2v) is 6.73. The highest BCUT2D eigenvalue weighted by Crippen LogP contribution is 2.32. The molecule has 4 rings (SSSR count). The standard InChI is InChI=1S/C17H18FN5O3/c18-13-1-2-15(23-19-4-5-20-23)14(7-13)16(24)21-6-3-11-8-22(17(25)26)10-12(11)9-21/h1-2,4-5,7,11-12H,3,6,8-10H2,(H,25,26). The molecule has 9 heteroatoms. The minimum atomic E-state index is -0.922. The summed E-state index contributed by atoms with van der Waals surface area (Å²) in [6, 6.07) is 3.95. The smallest absolute Gasteiger partial charge is 0.407 e. The van der Waals surface area contributed by atoms with Crippen molar-refractivity contribution in [1.82, 2.24) is 24.8 Å². The van der Waals surface area contributed by atoms with E-state index in [2.05, 4.69) is 10.2 Å². The summed E-state index contributed by atoms with van der Waals surface area (Å²) >= 11 is 0. The van der Waals surface area contributed by atoms with Crippen molar-refractivity contribution >= 4 is 12.0 Å². The van der Waals surface area contributed by atoms with Crippen molar-refractivity contribution in [1.29, 1.82) is 0 Å². The van der Waals surface area contributed by atoms with Crippen LogP contribution in [0, 0.1) is 17.7 Å². The van der Waals surface area contributed by atoms with Crippen LogP contribution in [0.5, 0.6) is 0 Å². The van der Waals surface area contributed by atoms with Gasteiger partial charge in [0.1, 0.15) is 5.82 Å². The third-order valence-electron chi connectivity index (χ3n) is 5.18. The SMILES string of the molecule is O=C(O)N1CC2CCN(C(=O)c3cc(F)ccc3-n3nccn3)CC2C1. The number of aromatic nitrogens is 3. The van der Waals surface area contributed by atoms with E-state index in [0.29, 0.717) is 31.9 Å². The molecule has 2 aliphatic heterocycles. The molecule has 2 aromatic rings. The van der Waals surface area contributed by atoms with Crippen LogP contribution in [0.1, 0.15) is 16.8 Å². The van der Waals surface area contributed by atoms with Crippen LogP contribution in [0.25, 0.3) is 5.69 Å². The van der Waals surface area contributed by atoms with Crippen molar-refractivity contribution < 1.29 is 19.1 Å². The number of hydrogen-bond donors (Lipinski definition) is 1. The van der Waals surface area contributed by atoms with Gasteiger partial charge in [-0.15, -0.1) is 0 Å². The van der Waals surface area contributed by atoms with E-state index in [0.717, 1.165) is 6.42 Å². The first-order chi connectivity index (χ1) is 12.5. The van der Waals surface area contributed by atoms with Crippen molar-refractivity contribution in [3.05, 3.63) is 42.0 Å². The lowest BCUT2D eigenvalue weighted by Crippen LogP contribution is -2.43. The molecule has 2 aliphatic rings. The summed E-state index contributed by atoms with van der Waals surface area (Å²) in [7, 11) is 0. The van der Waals surface area contributed by atoms with E-state index in [1.165, 1.54) is 40.3 Å². The summed E-state index contributed by atoms with van der Waals surface area (Å²) in [4.78, 5) is 28.6. The van der Waals surface area contributed by atoms with Crippen LogP contribution in [0.15, 0.2) is 30.6 Å². The summed E-state index contributed by atoms with van der Waals surface area (Å²) in [6.07, 6.45) is 2.80. The van der Waals surface area contributed by atoms with Crippen LogP contribution in [0.3, 0.4) is 0 Å². The molecule has 1 aromatic heterocycles. The number of nitrogens with zero attached hydrogens (tertiary/aromatic N) is 5. The fourth-order valence-corrected chi connectivity index (χ4v) is 3.87. The number of benzene rings is 1. The number of amides is 2. The zero-order valence-electron chi connectivity index (χ0n) is 14.0. The topological polar surface area (TPSA) is 91.6 Å². The Hall–Kier alpha value is -2.97. The number of carboxylic acid groups (broad SMARTS) is 1. The molecule has 8 nitrogen and oxygen atoms in total. The molecule has 1 aromatic carbocycles. The van der Waals surface area contributed by atoms with Gasteiger partial charge in [0.25, 0.3) is 5.91 Å². The van der Waals surface area contributed by atoms with E-state index in [4.69, 9.17) is 0 Å².